The minimum Gasteiger partial charge on any atom is -0.478 e. The molecule has 1 aliphatic rings. The van der Waals surface area contributed by atoms with Crippen molar-refractivity contribution in [2.24, 2.45) is 5.92 Å². The Morgan fingerprint density at radius 2 is 2.44 bits per heavy atom. The second kappa shape index (κ2) is 5.25. The fourth-order valence-corrected chi connectivity index (χ4v) is 3.05. The van der Waals surface area contributed by atoms with Gasteiger partial charge < -0.3 is 10.4 Å². The second-order valence-electron chi connectivity index (χ2n) is 4.00. The third-order valence-corrected chi connectivity index (χ3v) is 3.96. The number of hydrogen-bond acceptors (Lipinski definition) is 3. The second-order valence-corrected chi connectivity index (χ2v) is 5.15. The molecule has 3 nitrogen and oxygen atoms in total. The van der Waals surface area contributed by atoms with Gasteiger partial charge in [-0.25, -0.2) is 4.79 Å². The average molecular weight is 237 g/mol. The van der Waals surface area contributed by atoms with Gasteiger partial charge in [0.25, 0.3) is 0 Å². The molecule has 16 heavy (non-hydrogen) atoms. The molecule has 1 aliphatic heterocycles. The molecule has 1 fully saturated rings. The Kier molecular flexibility index (Phi) is 3.72. The quantitative estimate of drug-likeness (QED) is 0.845. The van der Waals surface area contributed by atoms with E-state index in [-0.39, 0.29) is 0 Å². The van der Waals surface area contributed by atoms with Crippen LogP contribution in [0.5, 0.6) is 0 Å². The van der Waals surface area contributed by atoms with E-state index in [4.69, 9.17) is 5.11 Å². The van der Waals surface area contributed by atoms with E-state index in [0.717, 1.165) is 18.2 Å². The lowest BCUT2D eigenvalue weighted by molar-refractivity contribution is 0.0697. The highest BCUT2D eigenvalue weighted by Gasteiger charge is 2.14. The average Bonchev–Trinajstić information content (AvgIpc) is 2.79. The molecule has 2 rings (SSSR count). The maximum absolute atomic E-state index is 10.8. The van der Waals surface area contributed by atoms with E-state index in [1.807, 2.05) is 17.8 Å². The van der Waals surface area contributed by atoms with Crippen LogP contribution in [0.4, 0.5) is 5.69 Å². The van der Waals surface area contributed by atoms with Gasteiger partial charge >= 0.3 is 5.97 Å². The highest BCUT2D eigenvalue weighted by atomic mass is 32.2. The maximum atomic E-state index is 10.8. The lowest BCUT2D eigenvalue weighted by Crippen LogP contribution is -2.13. The van der Waals surface area contributed by atoms with Crippen LogP contribution in [0.15, 0.2) is 24.3 Å². The van der Waals surface area contributed by atoms with Gasteiger partial charge in [0.2, 0.25) is 0 Å². The van der Waals surface area contributed by atoms with Crippen LogP contribution in [0.3, 0.4) is 0 Å². The van der Waals surface area contributed by atoms with Gasteiger partial charge in [0.05, 0.1) is 5.56 Å². The van der Waals surface area contributed by atoms with Crippen molar-refractivity contribution in [1.29, 1.82) is 0 Å². The largest absolute Gasteiger partial charge is 0.478 e. The van der Waals surface area contributed by atoms with Crippen molar-refractivity contribution in [3.63, 3.8) is 0 Å². The first-order valence-electron chi connectivity index (χ1n) is 5.40. The van der Waals surface area contributed by atoms with E-state index >= 15 is 0 Å². The number of rotatable bonds is 4. The van der Waals surface area contributed by atoms with Crippen LogP contribution in [0.2, 0.25) is 0 Å². The number of hydrogen-bond donors (Lipinski definition) is 2. The van der Waals surface area contributed by atoms with Gasteiger partial charge in [0, 0.05) is 12.2 Å². The number of carboxylic acids is 1. The predicted octanol–water partition coefficient (Wildman–Crippen LogP) is 2.55. The summed E-state index contributed by atoms with van der Waals surface area (Å²) in [6, 6.07) is 6.98. The van der Waals surface area contributed by atoms with Crippen LogP contribution in [-0.2, 0) is 0 Å². The molecule has 0 amide bonds. The summed E-state index contributed by atoms with van der Waals surface area (Å²) in [6.07, 6.45) is 1.26. The molecule has 1 aromatic rings. The van der Waals surface area contributed by atoms with E-state index in [1.165, 1.54) is 17.9 Å². The van der Waals surface area contributed by atoms with Gasteiger partial charge in [-0.1, -0.05) is 6.07 Å². The van der Waals surface area contributed by atoms with Crippen molar-refractivity contribution in [2.75, 3.05) is 23.4 Å². The zero-order valence-corrected chi connectivity index (χ0v) is 9.80. The Balaban J connectivity index is 1.93. The Hall–Kier alpha value is -1.16. The lowest BCUT2D eigenvalue weighted by atomic mass is 10.1. The minimum atomic E-state index is -0.875. The first-order chi connectivity index (χ1) is 7.75. The molecule has 0 spiro atoms. The highest BCUT2D eigenvalue weighted by Crippen LogP contribution is 2.23. The van der Waals surface area contributed by atoms with E-state index in [0.29, 0.717) is 5.56 Å². The molecule has 2 N–H and O–H groups in total. The molecule has 1 aromatic carbocycles. The van der Waals surface area contributed by atoms with Crippen molar-refractivity contribution in [3.05, 3.63) is 29.8 Å². The molecular formula is C12H15NO2S. The van der Waals surface area contributed by atoms with E-state index < -0.39 is 5.97 Å². The summed E-state index contributed by atoms with van der Waals surface area (Å²) >= 11 is 1.99. The number of benzene rings is 1. The zero-order valence-electron chi connectivity index (χ0n) is 8.98. The van der Waals surface area contributed by atoms with Gasteiger partial charge in [-0.15, -0.1) is 0 Å². The molecule has 86 valence electrons. The predicted molar refractivity (Wildman–Crippen MR) is 67.3 cm³/mol. The number of carbonyl (C=O) groups is 1. The van der Waals surface area contributed by atoms with Gasteiger partial charge in [-0.3, -0.25) is 0 Å². The molecule has 1 atom stereocenters. The van der Waals surface area contributed by atoms with Crippen LogP contribution in [0.1, 0.15) is 16.8 Å². The molecular weight excluding hydrogens is 222 g/mol. The van der Waals surface area contributed by atoms with E-state index in [2.05, 4.69) is 5.32 Å². The third-order valence-electron chi connectivity index (χ3n) is 2.73. The summed E-state index contributed by atoms with van der Waals surface area (Å²) in [5.74, 6) is 2.31. The molecule has 0 bridgehead atoms. The van der Waals surface area contributed by atoms with Gasteiger partial charge in [0.1, 0.15) is 0 Å². The Morgan fingerprint density at radius 3 is 3.12 bits per heavy atom. The number of anilines is 1. The Bertz CT molecular complexity index is 375. The molecule has 0 radical (unpaired) electrons. The SMILES string of the molecule is O=C(O)c1cccc(NCC2CCSC2)c1. The van der Waals surface area contributed by atoms with Crippen LogP contribution < -0.4 is 5.32 Å². The van der Waals surface area contributed by atoms with Crippen LogP contribution >= 0.6 is 11.8 Å². The third kappa shape index (κ3) is 2.92. The van der Waals surface area contributed by atoms with Crippen molar-refractivity contribution in [1.82, 2.24) is 0 Å². The summed E-state index contributed by atoms with van der Waals surface area (Å²) in [6.45, 7) is 0.941. The molecule has 0 saturated carbocycles. The standard InChI is InChI=1S/C12H15NO2S/c14-12(15)10-2-1-3-11(6-10)13-7-9-4-5-16-8-9/h1-3,6,9,13H,4-5,7-8H2,(H,14,15). The minimum absolute atomic E-state index is 0.339. The van der Waals surface area contributed by atoms with Crippen molar-refractivity contribution >= 4 is 23.4 Å². The Labute approximate surface area is 99.2 Å². The first-order valence-corrected chi connectivity index (χ1v) is 6.56. The smallest absolute Gasteiger partial charge is 0.335 e. The molecule has 1 heterocycles. The summed E-state index contributed by atoms with van der Waals surface area (Å²) in [5.41, 5.74) is 1.24. The molecule has 4 heteroatoms. The van der Waals surface area contributed by atoms with Gasteiger partial charge in [0.15, 0.2) is 0 Å². The lowest BCUT2D eigenvalue weighted by Gasteiger charge is -2.11. The zero-order chi connectivity index (χ0) is 11.4. The Morgan fingerprint density at radius 1 is 1.56 bits per heavy atom. The summed E-state index contributed by atoms with van der Waals surface area (Å²) < 4.78 is 0. The maximum Gasteiger partial charge on any atom is 0.335 e. The topological polar surface area (TPSA) is 49.3 Å². The van der Waals surface area contributed by atoms with Crippen LogP contribution in [0.25, 0.3) is 0 Å². The van der Waals surface area contributed by atoms with Crippen LogP contribution in [-0.4, -0.2) is 29.1 Å². The summed E-state index contributed by atoms with van der Waals surface area (Å²) in [7, 11) is 0. The molecule has 0 aromatic heterocycles. The van der Waals surface area contributed by atoms with E-state index in [9.17, 15) is 4.79 Å². The summed E-state index contributed by atoms with van der Waals surface area (Å²) in [5, 5.41) is 12.2. The molecule has 1 saturated heterocycles. The highest BCUT2D eigenvalue weighted by molar-refractivity contribution is 7.99. The molecule has 0 aliphatic carbocycles. The van der Waals surface area contributed by atoms with Gasteiger partial charge in [-0.05, 0) is 42.0 Å². The number of nitrogens with one attached hydrogen (secondary N) is 1. The number of thioether (sulfide) groups is 1. The number of carboxylic acid groups (broad SMARTS) is 1. The number of aromatic carboxylic acids is 1. The molecule has 1 unspecified atom stereocenters. The van der Waals surface area contributed by atoms with Crippen molar-refractivity contribution < 1.29 is 9.90 Å². The summed E-state index contributed by atoms with van der Waals surface area (Å²) in [4.78, 5) is 10.8. The monoisotopic (exact) mass is 237 g/mol. The van der Waals surface area contributed by atoms with Gasteiger partial charge in [-0.2, -0.15) is 11.8 Å². The van der Waals surface area contributed by atoms with Crippen LogP contribution in [0, 0.1) is 5.92 Å². The van der Waals surface area contributed by atoms with Crippen molar-refractivity contribution in [3.8, 4) is 0 Å². The van der Waals surface area contributed by atoms with E-state index in [1.54, 1.807) is 18.2 Å². The fourth-order valence-electron chi connectivity index (χ4n) is 1.77. The fraction of sp³-hybridized carbons (Fsp3) is 0.417. The van der Waals surface area contributed by atoms with Crippen molar-refractivity contribution in [2.45, 2.75) is 6.42 Å². The first kappa shape index (κ1) is 11.3. The normalized spacial score (nSPS) is 19.6.